The molecular weight excluding hydrogens is 383 g/mol. The molecule has 2 aromatic rings. The van der Waals surface area contributed by atoms with E-state index in [4.69, 9.17) is 9.47 Å². The molecule has 3 rings (SSSR count). The number of para-hydroxylation sites is 2. The molecule has 0 bridgehead atoms. The number of aromatic nitrogens is 2. The van der Waals surface area contributed by atoms with Crippen LogP contribution in [-0.2, 0) is 6.18 Å². The number of anilines is 2. The Labute approximate surface area is 168 Å². The quantitative estimate of drug-likeness (QED) is 0.594. The highest BCUT2D eigenvalue weighted by Gasteiger charge is 2.37. The number of halogens is 3. The predicted molar refractivity (Wildman–Crippen MR) is 105 cm³/mol. The van der Waals surface area contributed by atoms with Gasteiger partial charge in [-0.25, -0.2) is 4.98 Å². The minimum atomic E-state index is -4.60. The van der Waals surface area contributed by atoms with Gasteiger partial charge < -0.3 is 14.4 Å². The van der Waals surface area contributed by atoms with Crippen LogP contribution < -0.4 is 14.4 Å². The van der Waals surface area contributed by atoms with Gasteiger partial charge in [-0.05, 0) is 43.7 Å². The summed E-state index contributed by atoms with van der Waals surface area (Å²) in [7, 11) is 1.54. The van der Waals surface area contributed by atoms with E-state index in [-0.39, 0.29) is 23.9 Å². The van der Waals surface area contributed by atoms with Crippen LogP contribution in [0.5, 0.6) is 11.8 Å². The molecule has 1 saturated carbocycles. The van der Waals surface area contributed by atoms with E-state index < -0.39 is 11.7 Å². The van der Waals surface area contributed by atoms with Crippen molar-refractivity contribution in [3.63, 3.8) is 0 Å². The van der Waals surface area contributed by atoms with E-state index in [9.17, 15) is 13.2 Å². The van der Waals surface area contributed by atoms with Gasteiger partial charge in [0.15, 0.2) is 5.82 Å². The zero-order chi connectivity index (χ0) is 21.0. The Morgan fingerprint density at radius 3 is 2.52 bits per heavy atom. The predicted octanol–water partition coefficient (Wildman–Crippen LogP) is 5.62. The fourth-order valence-electron chi connectivity index (χ4n) is 3.26. The zero-order valence-corrected chi connectivity index (χ0v) is 16.9. The van der Waals surface area contributed by atoms with Crippen LogP contribution in [0.1, 0.15) is 45.1 Å². The van der Waals surface area contributed by atoms with Gasteiger partial charge in [0.05, 0.1) is 18.4 Å². The van der Waals surface area contributed by atoms with Gasteiger partial charge in [0.2, 0.25) is 0 Å². The lowest BCUT2D eigenvalue weighted by Crippen LogP contribution is -2.21. The Bertz CT molecular complexity index is 821. The SMILES string of the molecule is CC(C)COc1ncc(C(F)(F)F)c(N(C)c2ccccc2OC2CCCC2)n1. The molecule has 1 fully saturated rings. The van der Waals surface area contributed by atoms with Gasteiger partial charge in [0.25, 0.3) is 0 Å². The van der Waals surface area contributed by atoms with Gasteiger partial charge in [0, 0.05) is 13.2 Å². The molecule has 29 heavy (non-hydrogen) atoms. The first kappa shape index (κ1) is 21.2. The van der Waals surface area contributed by atoms with Crippen molar-refractivity contribution in [1.82, 2.24) is 9.97 Å². The van der Waals surface area contributed by atoms with Gasteiger partial charge in [-0.2, -0.15) is 18.2 Å². The highest BCUT2D eigenvalue weighted by atomic mass is 19.4. The molecule has 1 aliphatic rings. The van der Waals surface area contributed by atoms with E-state index in [1.807, 2.05) is 19.9 Å². The standard InChI is InChI=1S/C21H26F3N3O2/c1-14(2)13-28-20-25-12-16(21(22,23)24)19(26-20)27(3)17-10-6-7-11-18(17)29-15-8-4-5-9-15/h6-7,10-12,14-15H,4-5,8-9,13H2,1-3H3. The first-order valence-corrected chi connectivity index (χ1v) is 9.82. The van der Waals surface area contributed by atoms with Gasteiger partial charge in [-0.3, -0.25) is 0 Å². The summed E-state index contributed by atoms with van der Waals surface area (Å²) in [6.07, 6.45) is 0.365. The van der Waals surface area contributed by atoms with E-state index in [2.05, 4.69) is 9.97 Å². The number of rotatable bonds is 7. The second-order valence-electron chi connectivity index (χ2n) is 7.64. The number of nitrogens with zero attached hydrogens (tertiary/aromatic N) is 3. The Morgan fingerprint density at radius 1 is 1.17 bits per heavy atom. The molecule has 1 aromatic heterocycles. The number of alkyl halides is 3. The molecule has 0 radical (unpaired) electrons. The third-order valence-electron chi connectivity index (χ3n) is 4.74. The maximum absolute atomic E-state index is 13.6. The summed E-state index contributed by atoms with van der Waals surface area (Å²) >= 11 is 0. The van der Waals surface area contributed by atoms with Gasteiger partial charge in [-0.1, -0.05) is 26.0 Å². The van der Waals surface area contributed by atoms with Crippen molar-refractivity contribution in [3.05, 3.63) is 36.0 Å². The summed E-state index contributed by atoms with van der Waals surface area (Å²) in [5, 5.41) is 0. The number of hydrogen-bond donors (Lipinski definition) is 0. The molecule has 0 N–H and O–H groups in total. The lowest BCUT2D eigenvalue weighted by atomic mass is 10.2. The minimum Gasteiger partial charge on any atom is -0.488 e. The van der Waals surface area contributed by atoms with Crippen molar-refractivity contribution < 1.29 is 22.6 Å². The molecule has 8 heteroatoms. The van der Waals surface area contributed by atoms with E-state index >= 15 is 0 Å². The second kappa shape index (κ2) is 8.88. The van der Waals surface area contributed by atoms with Crippen molar-refractivity contribution in [2.24, 2.45) is 5.92 Å². The maximum atomic E-state index is 13.6. The summed E-state index contributed by atoms with van der Waals surface area (Å²) in [6, 6.07) is 6.99. The molecule has 0 aliphatic heterocycles. The average Bonchev–Trinajstić information content (AvgIpc) is 3.18. The molecule has 0 unspecified atom stereocenters. The van der Waals surface area contributed by atoms with Crippen LogP contribution in [0, 0.1) is 5.92 Å². The first-order chi connectivity index (χ1) is 13.8. The molecule has 0 saturated heterocycles. The molecule has 0 amide bonds. The number of hydrogen-bond acceptors (Lipinski definition) is 5. The highest BCUT2D eigenvalue weighted by Crippen LogP contribution is 2.40. The lowest BCUT2D eigenvalue weighted by Gasteiger charge is -2.25. The Morgan fingerprint density at radius 2 is 1.86 bits per heavy atom. The molecule has 1 heterocycles. The molecular formula is C21H26F3N3O2. The van der Waals surface area contributed by atoms with Crippen molar-refractivity contribution in [2.75, 3.05) is 18.6 Å². The first-order valence-electron chi connectivity index (χ1n) is 9.82. The van der Waals surface area contributed by atoms with Gasteiger partial charge >= 0.3 is 12.2 Å². The monoisotopic (exact) mass is 409 g/mol. The molecule has 1 aliphatic carbocycles. The molecule has 0 atom stereocenters. The van der Waals surface area contributed by atoms with Crippen LogP contribution in [-0.4, -0.2) is 29.7 Å². The number of ether oxygens (including phenoxy) is 2. The molecule has 0 spiro atoms. The van der Waals surface area contributed by atoms with E-state index in [1.165, 1.54) is 4.90 Å². The van der Waals surface area contributed by atoms with E-state index in [0.717, 1.165) is 31.9 Å². The van der Waals surface area contributed by atoms with Crippen LogP contribution in [0.4, 0.5) is 24.7 Å². The van der Waals surface area contributed by atoms with Crippen molar-refractivity contribution in [3.8, 4) is 11.8 Å². The largest absolute Gasteiger partial charge is 0.488 e. The van der Waals surface area contributed by atoms with Crippen LogP contribution in [0.15, 0.2) is 30.5 Å². The smallest absolute Gasteiger partial charge is 0.421 e. The molecule has 5 nitrogen and oxygen atoms in total. The fraction of sp³-hybridized carbons (Fsp3) is 0.524. The highest BCUT2D eigenvalue weighted by molar-refractivity contribution is 5.68. The maximum Gasteiger partial charge on any atom is 0.421 e. The second-order valence-corrected chi connectivity index (χ2v) is 7.64. The summed E-state index contributed by atoms with van der Waals surface area (Å²) in [5.74, 6) is 0.467. The normalized spacial score (nSPS) is 15.0. The Hall–Kier alpha value is -2.51. The van der Waals surface area contributed by atoms with Gasteiger partial charge in [0.1, 0.15) is 11.3 Å². The third kappa shape index (κ3) is 5.31. The summed E-state index contributed by atoms with van der Waals surface area (Å²) in [4.78, 5) is 9.21. The summed E-state index contributed by atoms with van der Waals surface area (Å²) < 4.78 is 52.4. The van der Waals surface area contributed by atoms with Crippen molar-refractivity contribution >= 4 is 11.5 Å². The fourth-order valence-corrected chi connectivity index (χ4v) is 3.26. The molecule has 1 aromatic carbocycles. The Balaban J connectivity index is 1.96. The van der Waals surface area contributed by atoms with Crippen LogP contribution in [0.3, 0.4) is 0 Å². The van der Waals surface area contributed by atoms with Crippen LogP contribution >= 0.6 is 0 Å². The van der Waals surface area contributed by atoms with Crippen LogP contribution in [0.25, 0.3) is 0 Å². The Kier molecular flexibility index (Phi) is 6.49. The average molecular weight is 409 g/mol. The minimum absolute atomic E-state index is 0.0808. The van der Waals surface area contributed by atoms with E-state index in [0.29, 0.717) is 18.0 Å². The topological polar surface area (TPSA) is 47.5 Å². The van der Waals surface area contributed by atoms with E-state index in [1.54, 1.807) is 25.2 Å². The molecule has 158 valence electrons. The summed E-state index contributed by atoms with van der Waals surface area (Å²) in [5.41, 5.74) is -0.411. The van der Waals surface area contributed by atoms with Crippen molar-refractivity contribution in [1.29, 1.82) is 0 Å². The zero-order valence-electron chi connectivity index (χ0n) is 16.9. The van der Waals surface area contributed by atoms with Gasteiger partial charge in [-0.15, -0.1) is 0 Å². The van der Waals surface area contributed by atoms with Crippen molar-refractivity contribution in [2.45, 2.75) is 51.8 Å². The summed E-state index contributed by atoms with van der Waals surface area (Å²) in [6.45, 7) is 4.19. The lowest BCUT2D eigenvalue weighted by molar-refractivity contribution is -0.137. The van der Waals surface area contributed by atoms with Crippen LogP contribution in [0.2, 0.25) is 0 Å². The third-order valence-corrected chi connectivity index (χ3v) is 4.74. The number of benzene rings is 1.